The number of Topliss-reactive ketones (excluding diaryl/α,β-unsaturated/α-hetero) is 1. The van der Waals surface area contributed by atoms with E-state index in [-0.39, 0.29) is 33.0 Å². The standard InChI is InChI=1S/C17H23ClFN.C12H17NO2.C6H4ClF.C2H6.CH2O/c1-12(10-17(2,3)4)8-9-13(11-20)14-6-5-7-15(18)16(14)19;1-8(2)12(14)9-5-6-10(13-3)11(7-9)15-4;7-5-3-1-2-4-6(5)8;2*1-2/h5-7,12-13H,8-10H2,1-4H3;5-8,13H,1-4H3;1-4H;1-2H3;1H2. The molecule has 2 unspecified atom stereocenters. The van der Waals surface area contributed by atoms with Crippen LogP contribution in [0.5, 0.6) is 5.75 Å². The van der Waals surface area contributed by atoms with Gasteiger partial charge in [-0.1, -0.05) is 103 Å². The number of halogens is 4. The van der Waals surface area contributed by atoms with Crippen LogP contribution >= 0.6 is 23.2 Å². The molecular weight excluding hydrogens is 641 g/mol. The van der Waals surface area contributed by atoms with E-state index >= 15 is 0 Å². The van der Waals surface area contributed by atoms with Crippen molar-refractivity contribution in [2.75, 3.05) is 19.5 Å². The first-order valence-corrected chi connectivity index (χ1v) is 16.3. The normalized spacial score (nSPS) is 11.3. The Kier molecular flexibility index (Phi) is 24.0. The maximum absolute atomic E-state index is 14.0. The van der Waals surface area contributed by atoms with Crippen LogP contribution in [0.3, 0.4) is 0 Å². The summed E-state index contributed by atoms with van der Waals surface area (Å²) in [5.41, 5.74) is 2.28. The number of hydrogen-bond donors (Lipinski definition) is 1. The zero-order valence-electron chi connectivity index (χ0n) is 29.5. The van der Waals surface area contributed by atoms with Gasteiger partial charge in [-0.25, -0.2) is 8.78 Å². The van der Waals surface area contributed by atoms with Gasteiger partial charge in [0, 0.05) is 24.1 Å². The van der Waals surface area contributed by atoms with Crippen LogP contribution in [0.1, 0.15) is 96.5 Å². The van der Waals surface area contributed by atoms with Gasteiger partial charge in [0.15, 0.2) is 5.78 Å². The summed E-state index contributed by atoms with van der Waals surface area (Å²) in [6, 6.07) is 18.6. The molecule has 47 heavy (non-hydrogen) atoms. The van der Waals surface area contributed by atoms with E-state index in [1.165, 1.54) is 18.2 Å². The number of nitrogens with one attached hydrogen (secondary N) is 1. The van der Waals surface area contributed by atoms with Gasteiger partial charge in [-0.15, -0.1) is 0 Å². The molecule has 0 aromatic heterocycles. The quantitative estimate of drug-likeness (QED) is 0.226. The van der Waals surface area contributed by atoms with Gasteiger partial charge in [0.05, 0.1) is 34.8 Å². The summed E-state index contributed by atoms with van der Waals surface area (Å²) in [4.78, 5) is 19.7. The molecular formula is C38H52Cl2F2N2O3. The third-order valence-corrected chi connectivity index (χ3v) is 7.12. The highest BCUT2D eigenvalue weighted by Crippen LogP contribution is 2.32. The number of benzene rings is 3. The smallest absolute Gasteiger partial charge is 0.165 e. The van der Waals surface area contributed by atoms with Gasteiger partial charge in [-0.05, 0) is 67.0 Å². The van der Waals surface area contributed by atoms with Gasteiger partial charge in [0.25, 0.3) is 0 Å². The number of ketones is 1. The Morgan fingerprint density at radius 2 is 1.53 bits per heavy atom. The Morgan fingerprint density at radius 1 is 0.957 bits per heavy atom. The van der Waals surface area contributed by atoms with Crippen LogP contribution in [0.25, 0.3) is 0 Å². The maximum Gasteiger partial charge on any atom is 0.165 e. The minimum Gasteiger partial charge on any atom is -0.495 e. The molecule has 5 nitrogen and oxygen atoms in total. The summed E-state index contributed by atoms with van der Waals surface area (Å²) in [5.74, 6) is 0.123. The van der Waals surface area contributed by atoms with E-state index in [1.54, 1.807) is 37.4 Å². The van der Waals surface area contributed by atoms with Gasteiger partial charge < -0.3 is 14.8 Å². The van der Waals surface area contributed by atoms with Crippen LogP contribution in [-0.4, -0.2) is 26.7 Å². The van der Waals surface area contributed by atoms with Gasteiger partial charge >= 0.3 is 0 Å². The van der Waals surface area contributed by atoms with Gasteiger partial charge in [0.2, 0.25) is 0 Å². The van der Waals surface area contributed by atoms with Crippen molar-refractivity contribution in [3.63, 3.8) is 0 Å². The van der Waals surface area contributed by atoms with Crippen LogP contribution in [0.15, 0.2) is 60.7 Å². The van der Waals surface area contributed by atoms with Crippen molar-refractivity contribution in [3.8, 4) is 11.8 Å². The second kappa shape index (κ2) is 24.7. The first kappa shape index (κ1) is 45.7. The third-order valence-electron chi connectivity index (χ3n) is 6.53. The van der Waals surface area contributed by atoms with E-state index in [0.717, 1.165) is 18.5 Å². The van der Waals surface area contributed by atoms with Gasteiger partial charge in [-0.2, -0.15) is 5.26 Å². The lowest BCUT2D eigenvalue weighted by Gasteiger charge is -2.23. The predicted molar refractivity (Wildman–Crippen MR) is 194 cm³/mol. The minimum absolute atomic E-state index is 0.00939. The Bertz CT molecular complexity index is 1350. The molecule has 0 saturated carbocycles. The van der Waals surface area contributed by atoms with Crippen LogP contribution in [0.4, 0.5) is 14.5 Å². The van der Waals surface area contributed by atoms with Crippen molar-refractivity contribution in [3.05, 3.63) is 93.5 Å². The Morgan fingerprint density at radius 3 is 1.98 bits per heavy atom. The van der Waals surface area contributed by atoms with Crippen molar-refractivity contribution in [2.24, 2.45) is 17.3 Å². The minimum atomic E-state index is -0.454. The number of carbonyl (C=O) groups excluding carboxylic acids is 2. The lowest BCUT2D eigenvalue weighted by Crippen LogP contribution is -2.12. The average molecular weight is 694 g/mol. The third kappa shape index (κ3) is 17.9. The summed E-state index contributed by atoms with van der Waals surface area (Å²) in [6.07, 6.45) is 2.69. The lowest BCUT2D eigenvalue weighted by molar-refractivity contribution is -0.0980. The van der Waals surface area contributed by atoms with Gasteiger partial charge in [0.1, 0.15) is 24.2 Å². The molecule has 0 radical (unpaired) electrons. The molecule has 3 aromatic carbocycles. The van der Waals surface area contributed by atoms with Crippen molar-refractivity contribution >= 4 is 41.5 Å². The number of rotatable bonds is 9. The molecule has 0 amide bonds. The largest absolute Gasteiger partial charge is 0.495 e. The Balaban J connectivity index is 0. The number of methoxy groups -OCH3 is 1. The summed E-state index contributed by atoms with van der Waals surface area (Å²) >= 11 is 11.1. The number of nitrogens with zero attached hydrogens (tertiary/aromatic N) is 1. The van der Waals surface area contributed by atoms with E-state index in [1.807, 2.05) is 53.7 Å². The molecule has 9 heteroatoms. The highest BCUT2D eigenvalue weighted by molar-refractivity contribution is 6.31. The first-order chi connectivity index (χ1) is 22.1. The molecule has 0 spiro atoms. The molecule has 2 atom stereocenters. The summed E-state index contributed by atoms with van der Waals surface area (Å²) < 4.78 is 31.3. The summed E-state index contributed by atoms with van der Waals surface area (Å²) in [5, 5.41) is 12.5. The second-order valence-corrected chi connectivity index (χ2v) is 12.7. The second-order valence-electron chi connectivity index (χ2n) is 11.9. The van der Waals surface area contributed by atoms with Crippen LogP contribution in [0, 0.1) is 40.2 Å². The van der Waals surface area contributed by atoms with Crippen molar-refractivity contribution in [2.45, 2.75) is 80.6 Å². The highest BCUT2D eigenvalue weighted by Gasteiger charge is 2.20. The Hall–Kier alpha value is -3.47. The fourth-order valence-corrected chi connectivity index (χ4v) is 4.82. The zero-order chi connectivity index (χ0) is 36.7. The molecule has 3 rings (SSSR count). The zero-order valence-corrected chi connectivity index (χ0v) is 31.0. The van der Waals surface area contributed by atoms with Crippen LogP contribution < -0.4 is 10.1 Å². The number of nitriles is 1. The van der Waals surface area contributed by atoms with Gasteiger partial charge in [-0.3, -0.25) is 4.79 Å². The molecule has 0 aliphatic rings. The monoisotopic (exact) mass is 692 g/mol. The molecule has 260 valence electrons. The Labute approximate surface area is 291 Å². The molecule has 0 bridgehead atoms. The molecule has 3 aromatic rings. The van der Waals surface area contributed by atoms with E-state index < -0.39 is 11.7 Å². The molecule has 0 heterocycles. The fraction of sp³-hybridized carbons (Fsp3) is 0.447. The van der Waals surface area contributed by atoms with Crippen molar-refractivity contribution in [1.29, 1.82) is 5.26 Å². The highest BCUT2D eigenvalue weighted by atomic mass is 35.5. The molecule has 0 aliphatic carbocycles. The average Bonchev–Trinajstić information content (AvgIpc) is 3.05. The van der Waals surface area contributed by atoms with E-state index in [2.05, 4.69) is 39.1 Å². The molecule has 0 aliphatic heterocycles. The van der Waals surface area contributed by atoms with E-state index in [4.69, 9.17) is 32.7 Å². The van der Waals surface area contributed by atoms with Crippen molar-refractivity contribution < 1.29 is 23.1 Å². The van der Waals surface area contributed by atoms with E-state index in [9.17, 15) is 18.8 Å². The number of carbonyl (C=O) groups is 2. The number of ether oxygens (including phenoxy) is 1. The topological polar surface area (TPSA) is 79.2 Å². The lowest BCUT2D eigenvalue weighted by atomic mass is 9.82. The SMILES string of the molecule is C=O.CC.CC(CCC(C#N)c1cccc(Cl)c1F)CC(C)(C)C.CNc1ccc(C(=O)C(C)C)cc1OC.Fc1ccccc1Cl. The molecule has 1 N–H and O–H groups in total. The number of hydrogen-bond acceptors (Lipinski definition) is 5. The van der Waals surface area contributed by atoms with E-state index in [0.29, 0.717) is 29.2 Å². The van der Waals surface area contributed by atoms with Crippen LogP contribution in [-0.2, 0) is 4.79 Å². The molecule has 0 saturated heterocycles. The summed E-state index contributed by atoms with van der Waals surface area (Å²) in [6.45, 7) is 18.6. The first-order valence-electron chi connectivity index (χ1n) is 15.6. The maximum atomic E-state index is 14.0. The number of anilines is 1. The van der Waals surface area contributed by atoms with Crippen molar-refractivity contribution in [1.82, 2.24) is 0 Å². The fourth-order valence-electron chi connectivity index (χ4n) is 4.50. The molecule has 0 fully saturated rings. The van der Waals surface area contributed by atoms with Crippen LogP contribution in [0.2, 0.25) is 10.0 Å². The predicted octanol–water partition coefficient (Wildman–Crippen LogP) is 11.8. The summed E-state index contributed by atoms with van der Waals surface area (Å²) in [7, 11) is 3.42.